The van der Waals surface area contributed by atoms with E-state index < -0.39 is 0 Å². The second-order valence-electron chi connectivity index (χ2n) is 4.19. The highest BCUT2D eigenvalue weighted by Gasteiger charge is 2.06. The Hall–Kier alpha value is -2.37. The highest BCUT2D eigenvalue weighted by Crippen LogP contribution is 2.23. The zero-order chi connectivity index (χ0) is 13.8. The van der Waals surface area contributed by atoms with Gasteiger partial charge >= 0.3 is 0 Å². The molecule has 0 spiro atoms. The Bertz CT molecular complexity index is 708. The van der Waals surface area contributed by atoms with Crippen molar-refractivity contribution in [3.8, 4) is 11.4 Å². The van der Waals surface area contributed by atoms with Crippen molar-refractivity contribution in [3.05, 3.63) is 60.9 Å². The maximum absolute atomic E-state index is 5.94. The van der Waals surface area contributed by atoms with Crippen molar-refractivity contribution in [2.45, 2.75) is 0 Å². The third-order valence-electron chi connectivity index (χ3n) is 2.77. The van der Waals surface area contributed by atoms with E-state index in [1.54, 1.807) is 12.4 Å². The van der Waals surface area contributed by atoms with Crippen molar-refractivity contribution >= 4 is 42.1 Å². The Balaban J connectivity index is 0.00000121. The molecule has 0 unspecified atom stereocenters. The molecule has 0 bridgehead atoms. The number of anilines is 3. The molecule has 22 heavy (non-hydrogen) atoms. The van der Waals surface area contributed by atoms with E-state index in [2.05, 4.69) is 20.3 Å². The monoisotopic (exact) mass is 335 g/mol. The standard InChI is InChI=1S/C15H13N5.2ClH/c16-11-7-8-13(12-5-1-3-9-17-12)19-15(11)20-14-6-2-4-10-18-14;;/h1-10H,16H2,(H,18,19,20);2*1H. The number of nitrogens with one attached hydrogen (secondary N) is 1. The number of aromatic nitrogens is 3. The molecule has 3 heterocycles. The maximum Gasteiger partial charge on any atom is 0.155 e. The van der Waals surface area contributed by atoms with E-state index in [0.717, 1.165) is 11.4 Å². The van der Waals surface area contributed by atoms with Crippen LogP contribution in [-0.2, 0) is 0 Å². The molecular weight excluding hydrogens is 321 g/mol. The number of nitrogen functional groups attached to an aromatic ring is 1. The van der Waals surface area contributed by atoms with E-state index in [0.29, 0.717) is 17.3 Å². The molecule has 7 heteroatoms. The molecular formula is C15H15Cl2N5. The molecule has 0 saturated heterocycles. The fourth-order valence-corrected chi connectivity index (χ4v) is 1.78. The molecule has 3 aromatic heterocycles. The van der Waals surface area contributed by atoms with Crippen LogP contribution >= 0.6 is 24.8 Å². The van der Waals surface area contributed by atoms with Crippen molar-refractivity contribution in [1.82, 2.24) is 15.0 Å². The Kier molecular flexibility index (Phi) is 6.56. The molecule has 0 aliphatic heterocycles. The molecule has 0 amide bonds. The lowest BCUT2D eigenvalue weighted by atomic mass is 10.2. The van der Waals surface area contributed by atoms with Gasteiger partial charge in [0.1, 0.15) is 5.82 Å². The molecule has 0 aliphatic rings. The summed E-state index contributed by atoms with van der Waals surface area (Å²) in [7, 11) is 0. The van der Waals surface area contributed by atoms with Crippen LogP contribution in [0.15, 0.2) is 60.9 Å². The van der Waals surface area contributed by atoms with Crippen LogP contribution in [-0.4, -0.2) is 15.0 Å². The molecule has 114 valence electrons. The van der Waals surface area contributed by atoms with Crippen molar-refractivity contribution in [2.24, 2.45) is 0 Å². The van der Waals surface area contributed by atoms with Crippen LogP contribution in [0.2, 0.25) is 0 Å². The van der Waals surface area contributed by atoms with Gasteiger partial charge in [0.2, 0.25) is 0 Å². The van der Waals surface area contributed by atoms with Crippen LogP contribution in [0.4, 0.5) is 17.3 Å². The smallest absolute Gasteiger partial charge is 0.155 e. The van der Waals surface area contributed by atoms with Gasteiger partial charge in [0.25, 0.3) is 0 Å². The Labute approximate surface area is 140 Å². The second-order valence-corrected chi connectivity index (χ2v) is 4.19. The minimum absolute atomic E-state index is 0. The minimum Gasteiger partial charge on any atom is -0.396 e. The fraction of sp³-hybridized carbons (Fsp3) is 0. The average molecular weight is 336 g/mol. The summed E-state index contributed by atoms with van der Waals surface area (Å²) in [4.78, 5) is 13.0. The van der Waals surface area contributed by atoms with E-state index in [-0.39, 0.29) is 24.8 Å². The van der Waals surface area contributed by atoms with E-state index >= 15 is 0 Å². The highest BCUT2D eigenvalue weighted by atomic mass is 35.5. The SMILES string of the molecule is Cl.Cl.Nc1ccc(-c2ccccn2)nc1Nc1ccccn1. The average Bonchev–Trinajstić information content (AvgIpc) is 2.51. The molecule has 0 aromatic carbocycles. The maximum atomic E-state index is 5.94. The van der Waals surface area contributed by atoms with Crippen LogP contribution < -0.4 is 11.1 Å². The van der Waals surface area contributed by atoms with Crippen LogP contribution in [0.1, 0.15) is 0 Å². The van der Waals surface area contributed by atoms with Crippen LogP contribution in [0.5, 0.6) is 0 Å². The predicted molar refractivity (Wildman–Crippen MR) is 93.9 cm³/mol. The number of nitrogens with two attached hydrogens (primary N) is 1. The third-order valence-corrected chi connectivity index (χ3v) is 2.77. The number of hydrogen-bond acceptors (Lipinski definition) is 5. The topological polar surface area (TPSA) is 76.7 Å². The Morgan fingerprint density at radius 2 is 1.50 bits per heavy atom. The normalized spacial score (nSPS) is 9.27. The third kappa shape index (κ3) is 4.07. The molecule has 0 fully saturated rings. The molecule has 3 aromatic rings. The Morgan fingerprint density at radius 1 is 0.773 bits per heavy atom. The van der Waals surface area contributed by atoms with Gasteiger partial charge in [0.05, 0.1) is 17.1 Å². The molecule has 3 rings (SSSR count). The lowest BCUT2D eigenvalue weighted by Gasteiger charge is -2.09. The van der Waals surface area contributed by atoms with Crippen LogP contribution in [0, 0.1) is 0 Å². The van der Waals surface area contributed by atoms with E-state index in [9.17, 15) is 0 Å². The summed E-state index contributed by atoms with van der Waals surface area (Å²) in [6.45, 7) is 0. The largest absolute Gasteiger partial charge is 0.396 e. The first-order chi connectivity index (χ1) is 9.83. The zero-order valence-electron chi connectivity index (χ0n) is 11.5. The molecule has 5 nitrogen and oxygen atoms in total. The lowest BCUT2D eigenvalue weighted by molar-refractivity contribution is 1.22. The number of halogens is 2. The van der Waals surface area contributed by atoms with Gasteiger partial charge in [-0.25, -0.2) is 9.97 Å². The molecule has 0 saturated carbocycles. The van der Waals surface area contributed by atoms with Gasteiger partial charge in [0, 0.05) is 12.4 Å². The first-order valence-corrected chi connectivity index (χ1v) is 6.19. The number of rotatable bonds is 3. The first kappa shape index (κ1) is 17.7. The highest BCUT2D eigenvalue weighted by molar-refractivity contribution is 5.85. The summed E-state index contributed by atoms with van der Waals surface area (Å²) in [6, 6.07) is 15.0. The predicted octanol–water partition coefficient (Wildman–Crippen LogP) is 3.71. The zero-order valence-corrected chi connectivity index (χ0v) is 13.1. The fourth-order valence-electron chi connectivity index (χ4n) is 1.78. The van der Waals surface area contributed by atoms with Gasteiger partial charge in [-0.3, -0.25) is 4.98 Å². The van der Waals surface area contributed by atoms with Crippen LogP contribution in [0.3, 0.4) is 0 Å². The van der Waals surface area contributed by atoms with Crippen molar-refractivity contribution in [3.63, 3.8) is 0 Å². The number of pyridine rings is 3. The number of hydrogen-bond donors (Lipinski definition) is 2. The molecule has 3 N–H and O–H groups in total. The lowest BCUT2D eigenvalue weighted by Crippen LogP contribution is -2.01. The van der Waals surface area contributed by atoms with Gasteiger partial charge < -0.3 is 11.1 Å². The van der Waals surface area contributed by atoms with Gasteiger partial charge in [0.15, 0.2) is 5.82 Å². The van der Waals surface area contributed by atoms with Crippen molar-refractivity contribution < 1.29 is 0 Å². The summed E-state index contributed by atoms with van der Waals surface area (Å²) in [5.41, 5.74) is 8.07. The van der Waals surface area contributed by atoms with Gasteiger partial charge in [-0.15, -0.1) is 24.8 Å². The molecule has 0 aliphatic carbocycles. The summed E-state index contributed by atoms with van der Waals surface area (Å²) in [6.07, 6.45) is 3.44. The minimum atomic E-state index is 0. The van der Waals surface area contributed by atoms with Crippen molar-refractivity contribution in [1.29, 1.82) is 0 Å². The second kappa shape index (κ2) is 8.17. The summed E-state index contributed by atoms with van der Waals surface area (Å²) >= 11 is 0. The summed E-state index contributed by atoms with van der Waals surface area (Å²) < 4.78 is 0. The van der Waals surface area contributed by atoms with E-state index in [4.69, 9.17) is 5.73 Å². The van der Waals surface area contributed by atoms with E-state index in [1.807, 2.05) is 48.5 Å². The quantitative estimate of drug-likeness (QED) is 0.762. The van der Waals surface area contributed by atoms with Gasteiger partial charge in [-0.05, 0) is 36.4 Å². The Morgan fingerprint density at radius 3 is 2.14 bits per heavy atom. The molecule has 0 atom stereocenters. The van der Waals surface area contributed by atoms with Gasteiger partial charge in [-0.2, -0.15) is 0 Å². The van der Waals surface area contributed by atoms with Crippen molar-refractivity contribution in [2.75, 3.05) is 11.1 Å². The van der Waals surface area contributed by atoms with Gasteiger partial charge in [-0.1, -0.05) is 12.1 Å². The first-order valence-electron chi connectivity index (χ1n) is 6.19. The van der Waals surface area contributed by atoms with Crippen LogP contribution in [0.25, 0.3) is 11.4 Å². The summed E-state index contributed by atoms with van der Waals surface area (Å²) in [5.74, 6) is 1.27. The van der Waals surface area contributed by atoms with E-state index in [1.165, 1.54) is 0 Å². The molecule has 0 radical (unpaired) electrons. The summed E-state index contributed by atoms with van der Waals surface area (Å²) in [5, 5.41) is 3.11. The number of nitrogens with zero attached hydrogens (tertiary/aromatic N) is 3.